The predicted octanol–water partition coefficient (Wildman–Crippen LogP) is 6.87. The molecule has 1 saturated heterocycles. The predicted molar refractivity (Wildman–Crippen MR) is 136 cm³/mol. The lowest BCUT2D eigenvalue weighted by Crippen LogP contribution is -2.34. The number of aromatic nitrogens is 3. The molecule has 2 aromatic carbocycles. The van der Waals surface area contributed by atoms with Gasteiger partial charge in [-0.3, -0.25) is 4.98 Å². The van der Waals surface area contributed by atoms with Crippen molar-refractivity contribution in [1.29, 1.82) is 0 Å². The largest absolute Gasteiger partial charge is 0.341 e. The quantitative estimate of drug-likeness (QED) is 0.330. The average Bonchev–Trinajstić information content (AvgIpc) is 3.31. The van der Waals surface area contributed by atoms with Gasteiger partial charge in [-0.15, -0.1) is 0 Å². The number of rotatable bonds is 6. The van der Waals surface area contributed by atoms with Crippen molar-refractivity contribution in [3.8, 4) is 22.5 Å². The van der Waals surface area contributed by atoms with Gasteiger partial charge in [-0.1, -0.05) is 59.6 Å². The maximum atomic E-state index is 6.32. The minimum Gasteiger partial charge on any atom is -0.341 e. The van der Waals surface area contributed by atoms with Gasteiger partial charge in [-0.2, -0.15) is 0 Å². The number of hydrogen-bond donors (Lipinski definition) is 1. The van der Waals surface area contributed by atoms with Gasteiger partial charge in [0.2, 0.25) is 0 Å². The Morgan fingerprint density at radius 1 is 0.879 bits per heavy atom. The molecule has 5 rings (SSSR count). The van der Waals surface area contributed by atoms with Gasteiger partial charge in [0.25, 0.3) is 0 Å². The summed E-state index contributed by atoms with van der Waals surface area (Å²) in [6.45, 7) is 3.28. The second kappa shape index (κ2) is 10.1. The van der Waals surface area contributed by atoms with Crippen molar-refractivity contribution in [2.45, 2.75) is 25.2 Å². The maximum absolute atomic E-state index is 6.32. The van der Waals surface area contributed by atoms with Crippen molar-refractivity contribution in [2.75, 3.05) is 19.6 Å². The summed E-state index contributed by atoms with van der Waals surface area (Å²) in [5, 5.41) is 1.08. The molecule has 0 atom stereocenters. The molecule has 0 aliphatic carbocycles. The Morgan fingerprint density at radius 2 is 1.64 bits per heavy atom. The molecule has 33 heavy (non-hydrogen) atoms. The molecule has 3 heterocycles. The van der Waals surface area contributed by atoms with E-state index in [2.05, 4.69) is 45.2 Å². The summed E-state index contributed by atoms with van der Waals surface area (Å²) >= 11 is 12.5. The minimum absolute atomic E-state index is 0.412. The van der Waals surface area contributed by atoms with Crippen molar-refractivity contribution in [1.82, 2.24) is 19.9 Å². The summed E-state index contributed by atoms with van der Waals surface area (Å²) in [5.74, 6) is 1.46. The molecule has 0 radical (unpaired) electrons. The summed E-state index contributed by atoms with van der Waals surface area (Å²) in [4.78, 5) is 15.4. The van der Waals surface area contributed by atoms with Crippen LogP contribution in [-0.4, -0.2) is 39.5 Å². The molecule has 1 N–H and O–H groups in total. The molecule has 0 bridgehead atoms. The van der Waals surface area contributed by atoms with Crippen LogP contribution in [0.1, 0.15) is 30.1 Å². The van der Waals surface area contributed by atoms with E-state index >= 15 is 0 Å². The first-order valence-electron chi connectivity index (χ1n) is 11.4. The van der Waals surface area contributed by atoms with Gasteiger partial charge in [-0.25, -0.2) is 4.98 Å². The number of H-pyrrole nitrogens is 1. The lowest BCUT2D eigenvalue weighted by molar-refractivity contribution is 0.212. The zero-order valence-electron chi connectivity index (χ0n) is 18.3. The fourth-order valence-electron chi connectivity index (χ4n) is 4.53. The van der Waals surface area contributed by atoms with E-state index < -0.39 is 0 Å². The zero-order chi connectivity index (χ0) is 22.6. The van der Waals surface area contributed by atoms with Crippen LogP contribution < -0.4 is 0 Å². The molecule has 1 fully saturated rings. The van der Waals surface area contributed by atoms with Gasteiger partial charge in [0.1, 0.15) is 5.82 Å². The van der Waals surface area contributed by atoms with E-state index in [1.54, 1.807) is 12.4 Å². The molecular weight excluding hydrogens is 451 g/mol. The van der Waals surface area contributed by atoms with Crippen molar-refractivity contribution >= 4 is 23.2 Å². The number of halogens is 2. The highest BCUT2D eigenvalue weighted by Gasteiger charge is 2.25. The lowest BCUT2D eigenvalue weighted by Gasteiger charge is -2.31. The van der Waals surface area contributed by atoms with Crippen molar-refractivity contribution in [3.63, 3.8) is 0 Å². The molecule has 1 aliphatic heterocycles. The first-order chi connectivity index (χ1) is 16.2. The van der Waals surface area contributed by atoms with Crippen LogP contribution in [-0.2, 0) is 6.42 Å². The van der Waals surface area contributed by atoms with Crippen LogP contribution in [0.5, 0.6) is 0 Å². The molecule has 0 unspecified atom stereocenters. The van der Waals surface area contributed by atoms with Crippen LogP contribution in [0.15, 0.2) is 73.1 Å². The fourth-order valence-corrected chi connectivity index (χ4v) is 4.82. The maximum Gasteiger partial charge on any atom is 0.110 e. The Balaban J connectivity index is 1.34. The number of likely N-dealkylation sites (tertiary alicyclic amines) is 1. The monoisotopic (exact) mass is 476 g/mol. The Bertz CT molecular complexity index is 1200. The van der Waals surface area contributed by atoms with E-state index in [1.807, 2.05) is 30.3 Å². The van der Waals surface area contributed by atoms with E-state index in [1.165, 1.54) is 5.56 Å². The molecule has 2 aromatic heterocycles. The first-order valence-corrected chi connectivity index (χ1v) is 12.1. The van der Waals surface area contributed by atoms with Crippen LogP contribution in [0.4, 0.5) is 0 Å². The molecule has 1 aliphatic rings. The normalized spacial score (nSPS) is 15.1. The lowest BCUT2D eigenvalue weighted by atomic mass is 9.96. The Morgan fingerprint density at radius 3 is 2.36 bits per heavy atom. The second-order valence-corrected chi connectivity index (χ2v) is 9.38. The smallest absolute Gasteiger partial charge is 0.110 e. The van der Waals surface area contributed by atoms with E-state index in [0.29, 0.717) is 16.0 Å². The molecule has 4 nitrogen and oxygen atoms in total. The third-order valence-electron chi connectivity index (χ3n) is 6.42. The molecule has 168 valence electrons. The van der Waals surface area contributed by atoms with Gasteiger partial charge < -0.3 is 9.88 Å². The van der Waals surface area contributed by atoms with E-state index in [0.717, 1.165) is 67.2 Å². The summed E-state index contributed by atoms with van der Waals surface area (Å²) in [6, 6.07) is 20.4. The van der Waals surface area contributed by atoms with Crippen LogP contribution in [0.25, 0.3) is 22.5 Å². The zero-order valence-corrected chi connectivity index (χ0v) is 19.9. The van der Waals surface area contributed by atoms with Crippen LogP contribution in [0.3, 0.4) is 0 Å². The van der Waals surface area contributed by atoms with Crippen LogP contribution >= 0.6 is 23.2 Å². The van der Waals surface area contributed by atoms with Gasteiger partial charge in [-0.05, 0) is 62.2 Å². The van der Waals surface area contributed by atoms with Crippen LogP contribution in [0, 0.1) is 0 Å². The van der Waals surface area contributed by atoms with Gasteiger partial charge in [0.15, 0.2) is 0 Å². The Hall–Kier alpha value is -2.66. The number of hydrogen-bond acceptors (Lipinski definition) is 3. The van der Waals surface area contributed by atoms with Gasteiger partial charge in [0.05, 0.1) is 21.4 Å². The second-order valence-electron chi connectivity index (χ2n) is 8.56. The van der Waals surface area contributed by atoms with Crippen molar-refractivity contribution in [2.24, 2.45) is 0 Å². The number of benzene rings is 2. The Labute approximate surface area is 204 Å². The summed E-state index contributed by atoms with van der Waals surface area (Å²) in [5.41, 5.74) is 5.32. The van der Waals surface area contributed by atoms with Crippen LogP contribution in [0.2, 0.25) is 10.0 Å². The van der Waals surface area contributed by atoms with Crippen molar-refractivity contribution in [3.05, 3.63) is 94.5 Å². The number of pyridine rings is 1. The standard InChI is InChI=1S/C27H26Cl2N4/c28-23-7-6-22(18-24(23)29)26-25(20-8-13-30-14-9-20)31-27(32-26)21-11-16-33(17-12-21)15-10-19-4-2-1-3-5-19/h1-9,13-14,18,21H,10-12,15-17H2,(H,31,32). The third kappa shape index (κ3) is 5.14. The number of nitrogens with zero attached hydrogens (tertiary/aromatic N) is 3. The average molecular weight is 477 g/mol. The SMILES string of the molecule is Clc1ccc(-c2nc(C3CCN(CCc4ccccc4)CC3)[nH]c2-c2ccncc2)cc1Cl. The highest BCUT2D eigenvalue weighted by Crippen LogP contribution is 2.36. The number of aromatic amines is 1. The minimum atomic E-state index is 0.412. The molecule has 0 saturated carbocycles. The first kappa shape index (κ1) is 22.1. The van der Waals surface area contributed by atoms with E-state index in [4.69, 9.17) is 28.2 Å². The van der Waals surface area contributed by atoms with Gasteiger partial charge >= 0.3 is 0 Å². The topological polar surface area (TPSA) is 44.8 Å². The molecule has 6 heteroatoms. The third-order valence-corrected chi connectivity index (χ3v) is 7.16. The van der Waals surface area contributed by atoms with E-state index in [-0.39, 0.29) is 0 Å². The number of imidazole rings is 1. The van der Waals surface area contributed by atoms with Gasteiger partial charge in [0, 0.05) is 36.0 Å². The molecule has 0 amide bonds. The number of nitrogens with one attached hydrogen (secondary N) is 1. The van der Waals surface area contributed by atoms with E-state index in [9.17, 15) is 0 Å². The summed E-state index contributed by atoms with van der Waals surface area (Å²) in [6.07, 6.45) is 6.90. The summed E-state index contributed by atoms with van der Waals surface area (Å²) < 4.78 is 0. The van der Waals surface area contributed by atoms with Crippen molar-refractivity contribution < 1.29 is 0 Å². The Kier molecular flexibility index (Phi) is 6.77. The summed E-state index contributed by atoms with van der Waals surface area (Å²) in [7, 11) is 0. The number of piperidine rings is 1. The molecular formula is C27H26Cl2N4. The highest BCUT2D eigenvalue weighted by atomic mass is 35.5. The fraction of sp³-hybridized carbons (Fsp3) is 0.259. The molecule has 0 spiro atoms. The molecule has 4 aromatic rings. The highest BCUT2D eigenvalue weighted by molar-refractivity contribution is 6.42.